The van der Waals surface area contributed by atoms with Gasteiger partial charge in [-0.15, -0.1) is 24.8 Å². The molecule has 0 atom stereocenters. The van der Waals surface area contributed by atoms with Crippen LogP contribution in [0.15, 0.2) is 0 Å². The second-order valence-electron chi connectivity index (χ2n) is 2.77. The molecule has 1 aliphatic heterocycles. The largest absolute Gasteiger partial charge is 0.314 e. The molecule has 0 amide bonds. The van der Waals surface area contributed by atoms with Crippen LogP contribution in [0.1, 0.15) is 6.42 Å². The summed E-state index contributed by atoms with van der Waals surface area (Å²) in [4.78, 5) is 2.07. The third-order valence-corrected chi connectivity index (χ3v) is 1.87. The number of nitrogens with zero attached hydrogens (tertiary/aromatic N) is 1. The lowest BCUT2D eigenvalue weighted by Crippen LogP contribution is -2.44. The number of piperazine rings is 1. The topological polar surface area (TPSA) is 15.3 Å². The molecule has 1 fully saturated rings. The van der Waals surface area contributed by atoms with Crippen molar-refractivity contribution in [3.05, 3.63) is 0 Å². The SMILES string of the molecule is Cl.Cl.FC(F)CCN1CCNCC1. The number of alkyl halides is 2. The second-order valence-corrected chi connectivity index (χ2v) is 2.77. The Hall–Kier alpha value is 0.360. The highest BCUT2D eigenvalue weighted by Crippen LogP contribution is 2.01. The molecule has 0 saturated carbocycles. The molecule has 1 saturated heterocycles. The zero-order valence-electron chi connectivity index (χ0n) is 7.34. The van der Waals surface area contributed by atoms with Crippen molar-refractivity contribution in [1.29, 1.82) is 0 Å². The number of halogens is 4. The molecule has 0 radical (unpaired) electrons. The average Bonchev–Trinajstić information content (AvgIpc) is 2.03. The summed E-state index contributed by atoms with van der Waals surface area (Å²) >= 11 is 0. The van der Waals surface area contributed by atoms with Crippen LogP contribution in [0.3, 0.4) is 0 Å². The molecule has 1 aliphatic rings. The standard InChI is InChI=1S/C7H14F2N2.2ClH/c8-7(9)1-4-11-5-2-10-3-6-11;;/h7,10H,1-6H2;2*1H. The van der Waals surface area contributed by atoms with Gasteiger partial charge in [-0.2, -0.15) is 0 Å². The van der Waals surface area contributed by atoms with Crippen LogP contribution < -0.4 is 5.32 Å². The maximum atomic E-state index is 11.7. The van der Waals surface area contributed by atoms with Gasteiger partial charge in [0.2, 0.25) is 6.43 Å². The summed E-state index contributed by atoms with van der Waals surface area (Å²) in [5.74, 6) is 0. The van der Waals surface area contributed by atoms with Gasteiger partial charge in [0.15, 0.2) is 0 Å². The van der Waals surface area contributed by atoms with E-state index < -0.39 is 6.43 Å². The van der Waals surface area contributed by atoms with E-state index in [4.69, 9.17) is 0 Å². The predicted octanol–water partition coefficient (Wildman–Crippen LogP) is 1.39. The van der Waals surface area contributed by atoms with Crippen molar-refractivity contribution in [3.8, 4) is 0 Å². The van der Waals surface area contributed by atoms with Crippen LogP contribution >= 0.6 is 24.8 Å². The van der Waals surface area contributed by atoms with E-state index in [2.05, 4.69) is 10.2 Å². The number of nitrogens with one attached hydrogen (secondary N) is 1. The summed E-state index contributed by atoms with van der Waals surface area (Å²) < 4.78 is 23.5. The maximum absolute atomic E-state index is 11.7. The van der Waals surface area contributed by atoms with Gasteiger partial charge in [-0.05, 0) is 0 Å². The van der Waals surface area contributed by atoms with E-state index in [0.29, 0.717) is 6.54 Å². The van der Waals surface area contributed by atoms with Crippen LogP contribution in [0.2, 0.25) is 0 Å². The smallest absolute Gasteiger partial charge is 0.239 e. The Morgan fingerprint density at radius 1 is 1.15 bits per heavy atom. The summed E-state index contributed by atoms with van der Waals surface area (Å²) in [6, 6.07) is 0. The second kappa shape index (κ2) is 8.94. The quantitative estimate of drug-likeness (QED) is 0.797. The minimum atomic E-state index is -2.15. The molecule has 0 bridgehead atoms. The van der Waals surface area contributed by atoms with Crippen LogP contribution in [0.4, 0.5) is 8.78 Å². The summed E-state index contributed by atoms with van der Waals surface area (Å²) in [5, 5.41) is 3.17. The molecule has 6 heteroatoms. The van der Waals surface area contributed by atoms with Gasteiger partial charge in [0, 0.05) is 39.1 Å². The van der Waals surface area contributed by atoms with Crippen molar-refractivity contribution >= 4 is 24.8 Å². The number of hydrogen-bond donors (Lipinski definition) is 1. The fraction of sp³-hybridized carbons (Fsp3) is 1.00. The van der Waals surface area contributed by atoms with E-state index >= 15 is 0 Å². The molecule has 1 heterocycles. The van der Waals surface area contributed by atoms with Gasteiger partial charge in [0.05, 0.1) is 0 Å². The first kappa shape index (κ1) is 15.8. The Labute approximate surface area is 89.9 Å². The minimum Gasteiger partial charge on any atom is -0.314 e. The van der Waals surface area contributed by atoms with Gasteiger partial charge in [-0.3, -0.25) is 0 Å². The number of rotatable bonds is 3. The molecule has 1 N–H and O–H groups in total. The Bertz CT molecular complexity index is 111. The van der Waals surface area contributed by atoms with E-state index in [1.807, 2.05) is 0 Å². The lowest BCUT2D eigenvalue weighted by molar-refractivity contribution is 0.112. The van der Waals surface area contributed by atoms with Gasteiger partial charge < -0.3 is 10.2 Å². The van der Waals surface area contributed by atoms with Crippen LogP contribution in [0.5, 0.6) is 0 Å². The Balaban J connectivity index is 0. The highest BCUT2D eigenvalue weighted by atomic mass is 35.5. The Kier molecular flexibility index (Phi) is 10.9. The first-order valence-electron chi connectivity index (χ1n) is 4.00. The minimum absolute atomic E-state index is 0. The highest BCUT2D eigenvalue weighted by molar-refractivity contribution is 5.85. The van der Waals surface area contributed by atoms with E-state index in [0.717, 1.165) is 26.2 Å². The zero-order chi connectivity index (χ0) is 8.10. The third kappa shape index (κ3) is 7.43. The molecular weight excluding hydrogens is 221 g/mol. The summed E-state index contributed by atoms with van der Waals surface area (Å²) in [6.45, 7) is 4.23. The fourth-order valence-electron chi connectivity index (χ4n) is 1.21. The molecule has 0 aliphatic carbocycles. The van der Waals surface area contributed by atoms with Gasteiger partial charge in [0.1, 0.15) is 0 Å². The van der Waals surface area contributed by atoms with Crippen molar-refractivity contribution < 1.29 is 8.78 Å². The molecule has 0 spiro atoms. The van der Waals surface area contributed by atoms with E-state index in [1.165, 1.54) is 0 Å². The van der Waals surface area contributed by atoms with Gasteiger partial charge in [-0.25, -0.2) is 8.78 Å². The van der Waals surface area contributed by atoms with Crippen molar-refractivity contribution in [2.45, 2.75) is 12.8 Å². The van der Waals surface area contributed by atoms with Crippen molar-refractivity contribution in [3.63, 3.8) is 0 Å². The Morgan fingerprint density at radius 2 is 1.69 bits per heavy atom. The highest BCUT2D eigenvalue weighted by Gasteiger charge is 2.11. The van der Waals surface area contributed by atoms with Crippen molar-refractivity contribution in [2.24, 2.45) is 0 Å². The van der Waals surface area contributed by atoms with Crippen LogP contribution in [-0.4, -0.2) is 44.0 Å². The van der Waals surface area contributed by atoms with E-state index in [9.17, 15) is 8.78 Å². The monoisotopic (exact) mass is 236 g/mol. The third-order valence-electron chi connectivity index (χ3n) is 1.87. The lowest BCUT2D eigenvalue weighted by atomic mass is 10.3. The van der Waals surface area contributed by atoms with Crippen LogP contribution in [-0.2, 0) is 0 Å². The molecule has 2 nitrogen and oxygen atoms in total. The van der Waals surface area contributed by atoms with Crippen molar-refractivity contribution in [2.75, 3.05) is 32.7 Å². The normalized spacial score (nSPS) is 17.8. The summed E-state index contributed by atoms with van der Waals surface area (Å²) in [6.07, 6.45) is -2.13. The Morgan fingerprint density at radius 3 is 2.15 bits per heavy atom. The molecule has 0 aromatic carbocycles. The molecule has 0 aromatic heterocycles. The first-order valence-corrected chi connectivity index (χ1v) is 4.00. The average molecular weight is 237 g/mol. The summed E-state index contributed by atoms with van der Waals surface area (Å²) in [5.41, 5.74) is 0. The van der Waals surface area contributed by atoms with Gasteiger partial charge in [0.25, 0.3) is 0 Å². The molecule has 1 rings (SSSR count). The van der Waals surface area contributed by atoms with Gasteiger partial charge in [-0.1, -0.05) is 0 Å². The molecule has 82 valence electrons. The van der Waals surface area contributed by atoms with E-state index in [-0.39, 0.29) is 31.2 Å². The summed E-state index contributed by atoms with van der Waals surface area (Å²) in [7, 11) is 0. The molecule has 13 heavy (non-hydrogen) atoms. The lowest BCUT2D eigenvalue weighted by Gasteiger charge is -2.26. The predicted molar refractivity (Wildman–Crippen MR) is 54.4 cm³/mol. The van der Waals surface area contributed by atoms with Gasteiger partial charge >= 0.3 is 0 Å². The fourth-order valence-corrected chi connectivity index (χ4v) is 1.21. The van der Waals surface area contributed by atoms with Crippen LogP contribution in [0, 0.1) is 0 Å². The zero-order valence-corrected chi connectivity index (χ0v) is 8.97. The van der Waals surface area contributed by atoms with Crippen molar-refractivity contribution in [1.82, 2.24) is 10.2 Å². The molecular formula is C7H16Cl2F2N2. The first-order chi connectivity index (χ1) is 5.29. The van der Waals surface area contributed by atoms with E-state index in [1.54, 1.807) is 0 Å². The maximum Gasteiger partial charge on any atom is 0.239 e. The molecule has 0 unspecified atom stereocenters. The van der Waals surface area contributed by atoms with Crippen LogP contribution in [0.25, 0.3) is 0 Å². The molecule has 0 aromatic rings. The number of hydrogen-bond acceptors (Lipinski definition) is 2.